The van der Waals surface area contributed by atoms with Gasteiger partial charge in [-0.25, -0.2) is 14.9 Å². The Morgan fingerprint density at radius 2 is 2.40 bits per heavy atom. The van der Waals surface area contributed by atoms with Crippen molar-refractivity contribution in [3.05, 3.63) is 26.8 Å². The van der Waals surface area contributed by atoms with Crippen LogP contribution in [0.4, 0.5) is 5.00 Å². The van der Waals surface area contributed by atoms with Gasteiger partial charge in [0, 0.05) is 6.54 Å². The van der Waals surface area contributed by atoms with E-state index in [0.29, 0.717) is 22.0 Å². The molecule has 2 heterocycles. The standard InChI is InChI=1S/C10H13N5O3S2/c1-3-6(2)5-14-8(16)12-13-9(14)20-10-11-4-7(19-10)15(17)18/h4,6H,3,5H2,1-2H3,(H,12,16)/t6-/m1/s1. The van der Waals surface area contributed by atoms with Gasteiger partial charge in [0.05, 0.1) is 4.92 Å². The first kappa shape index (κ1) is 14.7. The molecule has 0 aromatic carbocycles. The van der Waals surface area contributed by atoms with Crippen molar-refractivity contribution in [2.75, 3.05) is 0 Å². The highest BCUT2D eigenvalue weighted by molar-refractivity contribution is 8.00. The molecule has 2 rings (SSSR count). The molecular formula is C10H13N5O3S2. The number of rotatable bonds is 6. The fourth-order valence-corrected chi connectivity index (χ4v) is 3.17. The summed E-state index contributed by atoms with van der Waals surface area (Å²) in [6.45, 7) is 4.65. The number of aromatic nitrogens is 4. The lowest BCUT2D eigenvalue weighted by atomic mass is 10.1. The molecule has 108 valence electrons. The van der Waals surface area contributed by atoms with Gasteiger partial charge in [0.15, 0.2) is 9.50 Å². The van der Waals surface area contributed by atoms with E-state index in [1.165, 1.54) is 10.8 Å². The van der Waals surface area contributed by atoms with E-state index in [0.717, 1.165) is 29.5 Å². The summed E-state index contributed by atoms with van der Waals surface area (Å²) in [6, 6.07) is 0. The number of H-pyrrole nitrogens is 1. The first-order chi connectivity index (χ1) is 9.51. The lowest BCUT2D eigenvalue weighted by molar-refractivity contribution is -0.380. The van der Waals surface area contributed by atoms with Crippen LogP contribution in [0.2, 0.25) is 0 Å². The molecule has 0 aliphatic heterocycles. The van der Waals surface area contributed by atoms with Gasteiger partial charge in [0.2, 0.25) is 0 Å². The molecule has 0 fully saturated rings. The van der Waals surface area contributed by atoms with Crippen molar-refractivity contribution in [2.45, 2.75) is 36.3 Å². The van der Waals surface area contributed by atoms with Crippen LogP contribution in [0.1, 0.15) is 20.3 Å². The maximum Gasteiger partial charge on any atom is 0.344 e. The molecule has 0 saturated carbocycles. The summed E-state index contributed by atoms with van der Waals surface area (Å²) in [5.41, 5.74) is -0.279. The monoisotopic (exact) mass is 315 g/mol. The van der Waals surface area contributed by atoms with E-state index in [9.17, 15) is 14.9 Å². The lowest BCUT2D eigenvalue weighted by Crippen LogP contribution is -2.21. The van der Waals surface area contributed by atoms with Gasteiger partial charge in [-0.3, -0.25) is 14.7 Å². The molecule has 20 heavy (non-hydrogen) atoms. The van der Waals surface area contributed by atoms with Gasteiger partial charge in [-0.1, -0.05) is 20.3 Å². The van der Waals surface area contributed by atoms with Gasteiger partial charge in [-0.05, 0) is 29.0 Å². The second-order valence-electron chi connectivity index (χ2n) is 4.26. The molecule has 0 radical (unpaired) electrons. The number of thiazole rings is 1. The highest BCUT2D eigenvalue weighted by Crippen LogP contribution is 2.32. The van der Waals surface area contributed by atoms with Crippen LogP contribution in [0.5, 0.6) is 0 Å². The molecular weight excluding hydrogens is 302 g/mol. The summed E-state index contributed by atoms with van der Waals surface area (Å²) < 4.78 is 2.02. The van der Waals surface area contributed by atoms with Crippen molar-refractivity contribution < 1.29 is 4.92 Å². The Labute approximate surface area is 122 Å². The molecule has 8 nitrogen and oxygen atoms in total. The fraction of sp³-hybridized carbons (Fsp3) is 0.500. The minimum Gasteiger partial charge on any atom is -0.270 e. The molecule has 0 aliphatic rings. The Balaban J connectivity index is 2.20. The minimum atomic E-state index is -0.488. The largest absolute Gasteiger partial charge is 0.344 e. The van der Waals surface area contributed by atoms with E-state index in [1.807, 2.05) is 13.8 Å². The van der Waals surface area contributed by atoms with Gasteiger partial charge in [-0.2, -0.15) is 0 Å². The number of nitrogens with zero attached hydrogens (tertiary/aromatic N) is 4. The predicted octanol–water partition coefficient (Wildman–Crippen LogP) is 2.13. The first-order valence-corrected chi connectivity index (χ1v) is 7.57. The minimum absolute atomic E-state index is 0.0288. The Bertz CT molecular complexity index is 662. The number of nitro groups is 1. The summed E-state index contributed by atoms with van der Waals surface area (Å²) in [7, 11) is 0. The van der Waals surface area contributed by atoms with Crippen LogP contribution in [-0.2, 0) is 6.54 Å². The summed E-state index contributed by atoms with van der Waals surface area (Å²) >= 11 is 2.11. The maximum absolute atomic E-state index is 11.7. The third-order valence-corrected chi connectivity index (χ3v) is 4.76. The molecule has 0 amide bonds. The highest BCUT2D eigenvalue weighted by Gasteiger charge is 2.17. The molecule has 10 heteroatoms. The molecule has 0 bridgehead atoms. The molecule has 0 unspecified atom stereocenters. The summed E-state index contributed by atoms with van der Waals surface area (Å²) in [5.74, 6) is 0.343. The average Bonchev–Trinajstić information content (AvgIpc) is 3.00. The van der Waals surface area contributed by atoms with Gasteiger partial charge in [-0.15, -0.1) is 5.10 Å². The quantitative estimate of drug-likeness (QED) is 0.646. The van der Waals surface area contributed by atoms with Crippen LogP contribution in [0.25, 0.3) is 0 Å². The predicted molar refractivity (Wildman–Crippen MR) is 75.2 cm³/mol. The highest BCUT2D eigenvalue weighted by atomic mass is 32.2. The smallest absolute Gasteiger partial charge is 0.270 e. The van der Waals surface area contributed by atoms with Crippen molar-refractivity contribution in [1.82, 2.24) is 19.7 Å². The summed E-state index contributed by atoms with van der Waals surface area (Å²) in [5, 5.41) is 17.4. The maximum atomic E-state index is 11.7. The van der Waals surface area contributed by atoms with Crippen LogP contribution in [-0.4, -0.2) is 24.7 Å². The number of hydrogen-bond acceptors (Lipinski definition) is 7. The van der Waals surface area contributed by atoms with Crippen molar-refractivity contribution in [2.24, 2.45) is 5.92 Å². The van der Waals surface area contributed by atoms with Crippen LogP contribution >= 0.6 is 23.1 Å². The normalized spacial score (nSPS) is 12.5. The van der Waals surface area contributed by atoms with Crippen LogP contribution in [0.3, 0.4) is 0 Å². The Hall–Kier alpha value is -1.68. The number of hydrogen-bond donors (Lipinski definition) is 1. The Morgan fingerprint density at radius 3 is 3.00 bits per heavy atom. The van der Waals surface area contributed by atoms with Crippen LogP contribution < -0.4 is 5.69 Å². The lowest BCUT2D eigenvalue weighted by Gasteiger charge is -2.09. The Morgan fingerprint density at radius 1 is 1.65 bits per heavy atom. The molecule has 2 aromatic heterocycles. The number of aromatic amines is 1. The van der Waals surface area contributed by atoms with Crippen LogP contribution in [0.15, 0.2) is 20.5 Å². The van der Waals surface area contributed by atoms with Gasteiger partial charge in [0.1, 0.15) is 6.20 Å². The molecule has 0 saturated heterocycles. The molecule has 2 aromatic rings. The van der Waals surface area contributed by atoms with Crippen molar-refractivity contribution in [1.29, 1.82) is 0 Å². The van der Waals surface area contributed by atoms with Gasteiger partial charge >= 0.3 is 10.7 Å². The topological polar surface area (TPSA) is 107 Å². The van der Waals surface area contributed by atoms with Crippen LogP contribution in [0, 0.1) is 16.0 Å². The summed E-state index contributed by atoms with van der Waals surface area (Å²) in [4.78, 5) is 25.8. The van der Waals surface area contributed by atoms with Crippen molar-refractivity contribution in [3.8, 4) is 0 Å². The van der Waals surface area contributed by atoms with E-state index in [1.54, 1.807) is 0 Å². The first-order valence-electron chi connectivity index (χ1n) is 5.94. The third-order valence-electron chi connectivity index (χ3n) is 2.75. The zero-order chi connectivity index (χ0) is 14.7. The summed E-state index contributed by atoms with van der Waals surface area (Å²) in [6.07, 6.45) is 2.15. The number of nitrogens with one attached hydrogen (secondary N) is 1. The molecule has 0 spiro atoms. The second kappa shape index (κ2) is 6.18. The molecule has 0 aliphatic carbocycles. The molecule has 1 N–H and O–H groups in total. The average molecular weight is 315 g/mol. The molecule has 1 atom stereocenters. The third kappa shape index (κ3) is 3.25. The second-order valence-corrected chi connectivity index (χ2v) is 6.48. The van der Waals surface area contributed by atoms with E-state index < -0.39 is 4.92 Å². The van der Waals surface area contributed by atoms with E-state index in [2.05, 4.69) is 15.2 Å². The van der Waals surface area contributed by atoms with E-state index in [-0.39, 0.29) is 10.7 Å². The van der Waals surface area contributed by atoms with Gasteiger partial charge in [0.25, 0.3) is 0 Å². The zero-order valence-electron chi connectivity index (χ0n) is 10.9. The SMILES string of the molecule is CC[C@@H](C)Cn1c(Sc2ncc([N+](=O)[O-])s2)n[nH]c1=O. The van der Waals surface area contributed by atoms with Gasteiger partial charge < -0.3 is 0 Å². The fourth-order valence-electron chi connectivity index (χ4n) is 1.44. The van der Waals surface area contributed by atoms with E-state index in [4.69, 9.17) is 0 Å². The van der Waals surface area contributed by atoms with Crippen molar-refractivity contribution in [3.63, 3.8) is 0 Å². The Kier molecular flexibility index (Phi) is 4.55. The van der Waals surface area contributed by atoms with Crippen molar-refractivity contribution >= 4 is 28.1 Å². The zero-order valence-corrected chi connectivity index (χ0v) is 12.5. The van der Waals surface area contributed by atoms with E-state index >= 15 is 0 Å².